The molecule has 1 amide bonds. The van der Waals surface area contributed by atoms with Crippen LogP contribution in [0.25, 0.3) is 0 Å². The standard InChI is InChI=1S/C12H19N3O3/c1-5-6-15(8-11(16)18-4)12(17)10-7-9(2)13-14(10)3/h7H,5-6,8H2,1-4H3. The van der Waals surface area contributed by atoms with E-state index < -0.39 is 5.97 Å². The van der Waals surface area contributed by atoms with Gasteiger partial charge in [-0.25, -0.2) is 0 Å². The van der Waals surface area contributed by atoms with Crippen LogP contribution in [0.2, 0.25) is 0 Å². The van der Waals surface area contributed by atoms with E-state index in [1.54, 1.807) is 13.1 Å². The van der Waals surface area contributed by atoms with Gasteiger partial charge in [0.2, 0.25) is 0 Å². The van der Waals surface area contributed by atoms with E-state index in [1.807, 2.05) is 13.8 Å². The van der Waals surface area contributed by atoms with Crippen molar-refractivity contribution in [2.45, 2.75) is 20.3 Å². The minimum absolute atomic E-state index is 0.0343. The van der Waals surface area contributed by atoms with Crippen molar-refractivity contribution in [2.24, 2.45) is 7.05 Å². The molecule has 0 fully saturated rings. The van der Waals surface area contributed by atoms with Gasteiger partial charge in [-0.2, -0.15) is 5.10 Å². The summed E-state index contributed by atoms with van der Waals surface area (Å²) in [6.45, 7) is 4.25. The number of hydrogen-bond acceptors (Lipinski definition) is 4. The Kier molecular flexibility index (Phi) is 4.88. The molecule has 0 spiro atoms. The quantitative estimate of drug-likeness (QED) is 0.726. The highest BCUT2D eigenvalue weighted by atomic mass is 16.5. The van der Waals surface area contributed by atoms with Crippen molar-refractivity contribution in [1.82, 2.24) is 14.7 Å². The van der Waals surface area contributed by atoms with Crippen molar-refractivity contribution in [3.05, 3.63) is 17.5 Å². The van der Waals surface area contributed by atoms with Gasteiger partial charge in [0.25, 0.3) is 5.91 Å². The SMILES string of the molecule is CCCN(CC(=O)OC)C(=O)c1cc(C)nn1C. The molecule has 0 aliphatic rings. The summed E-state index contributed by atoms with van der Waals surface area (Å²) in [6, 6.07) is 1.71. The Bertz CT molecular complexity index is 440. The summed E-state index contributed by atoms with van der Waals surface area (Å²) in [5.41, 5.74) is 1.25. The third kappa shape index (κ3) is 3.32. The lowest BCUT2D eigenvalue weighted by Crippen LogP contribution is -2.37. The lowest BCUT2D eigenvalue weighted by molar-refractivity contribution is -0.141. The third-order valence-corrected chi connectivity index (χ3v) is 2.55. The van der Waals surface area contributed by atoms with Gasteiger partial charge in [0.15, 0.2) is 0 Å². The van der Waals surface area contributed by atoms with Crippen LogP contribution in [0.4, 0.5) is 0 Å². The van der Waals surface area contributed by atoms with Crippen LogP contribution >= 0.6 is 0 Å². The first-order valence-electron chi connectivity index (χ1n) is 5.86. The lowest BCUT2D eigenvalue weighted by Gasteiger charge is -2.20. The highest BCUT2D eigenvalue weighted by Gasteiger charge is 2.21. The van der Waals surface area contributed by atoms with E-state index in [4.69, 9.17) is 0 Å². The van der Waals surface area contributed by atoms with Crippen molar-refractivity contribution in [3.63, 3.8) is 0 Å². The molecule has 1 aromatic heterocycles. The summed E-state index contributed by atoms with van der Waals surface area (Å²) >= 11 is 0. The van der Waals surface area contributed by atoms with E-state index in [2.05, 4.69) is 9.84 Å². The molecule has 0 atom stereocenters. The fourth-order valence-electron chi connectivity index (χ4n) is 1.72. The zero-order valence-corrected chi connectivity index (χ0v) is 11.3. The number of hydrogen-bond donors (Lipinski definition) is 0. The lowest BCUT2D eigenvalue weighted by atomic mass is 10.3. The highest BCUT2D eigenvalue weighted by molar-refractivity contribution is 5.94. The Morgan fingerprint density at radius 1 is 1.50 bits per heavy atom. The summed E-state index contributed by atoms with van der Waals surface area (Å²) in [4.78, 5) is 25.0. The molecular formula is C12H19N3O3. The van der Waals surface area contributed by atoms with E-state index >= 15 is 0 Å². The van der Waals surface area contributed by atoms with Crippen LogP contribution in [0.3, 0.4) is 0 Å². The number of carbonyl (C=O) groups is 2. The molecule has 0 aromatic carbocycles. The second-order valence-electron chi connectivity index (χ2n) is 4.10. The van der Waals surface area contributed by atoms with E-state index in [9.17, 15) is 9.59 Å². The highest BCUT2D eigenvalue weighted by Crippen LogP contribution is 2.07. The molecule has 18 heavy (non-hydrogen) atoms. The molecule has 1 aromatic rings. The number of aryl methyl sites for hydroxylation is 2. The van der Waals surface area contributed by atoms with Gasteiger partial charge in [-0.3, -0.25) is 14.3 Å². The second kappa shape index (κ2) is 6.18. The van der Waals surface area contributed by atoms with Crippen LogP contribution in [-0.4, -0.2) is 46.8 Å². The summed E-state index contributed by atoms with van der Waals surface area (Å²) < 4.78 is 6.12. The number of amides is 1. The Balaban J connectivity index is 2.88. The van der Waals surface area contributed by atoms with Gasteiger partial charge in [0.1, 0.15) is 12.2 Å². The molecule has 0 saturated carbocycles. The maximum absolute atomic E-state index is 12.3. The van der Waals surface area contributed by atoms with Crippen molar-refractivity contribution in [3.8, 4) is 0 Å². The number of carbonyl (C=O) groups excluding carboxylic acids is 2. The zero-order valence-electron chi connectivity index (χ0n) is 11.3. The molecule has 0 radical (unpaired) electrons. The van der Waals surface area contributed by atoms with Crippen LogP contribution in [0, 0.1) is 6.92 Å². The van der Waals surface area contributed by atoms with Crippen molar-refractivity contribution in [1.29, 1.82) is 0 Å². The molecule has 0 aliphatic heterocycles. The summed E-state index contributed by atoms with van der Waals surface area (Å²) in [5.74, 6) is -0.624. The van der Waals surface area contributed by atoms with Gasteiger partial charge in [0.05, 0.1) is 12.8 Å². The fraction of sp³-hybridized carbons (Fsp3) is 0.583. The Morgan fingerprint density at radius 2 is 2.17 bits per heavy atom. The molecule has 0 N–H and O–H groups in total. The normalized spacial score (nSPS) is 10.2. The number of nitrogens with zero attached hydrogens (tertiary/aromatic N) is 3. The van der Waals surface area contributed by atoms with Gasteiger partial charge in [-0.05, 0) is 19.4 Å². The molecule has 6 heteroatoms. The Labute approximate surface area is 107 Å². The molecule has 0 bridgehead atoms. The second-order valence-corrected chi connectivity index (χ2v) is 4.10. The molecular weight excluding hydrogens is 234 g/mol. The first-order valence-corrected chi connectivity index (χ1v) is 5.86. The molecule has 1 rings (SSSR count). The average Bonchev–Trinajstić information content (AvgIpc) is 2.66. The fourth-order valence-corrected chi connectivity index (χ4v) is 1.72. The van der Waals surface area contributed by atoms with Gasteiger partial charge in [-0.1, -0.05) is 6.92 Å². The van der Waals surface area contributed by atoms with Crippen LogP contribution in [-0.2, 0) is 16.6 Å². The Morgan fingerprint density at radius 3 is 2.61 bits per heavy atom. The average molecular weight is 253 g/mol. The first-order chi connectivity index (χ1) is 8.49. The van der Waals surface area contributed by atoms with Crippen LogP contribution in [0.1, 0.15) is 29.5 Å². The predicted molar refractivity (Wildman–Crippen MR) is 66.2 cm³/mol. The van der Waals surface area contributed by atoms with Gasteiger partial charge < -0.3 is 9.64 Å². The van der Waals surface area contributed by atoms with E-state index in [0.29, 0.717) is 12.2 Å². The summed E-state index contributed by atoms with van der Waals surface area (Å²) in [7, 11) is 3.02. The van der Waals surface area contributed by atoms with Crippen LogP contribution in [0.15, 0.2) is 6.07 Å². The molecule has 0 saturated heterocycles. The van der Waals surface area contributed by atoms with Crippen LogP contribution < -0.4 is 0 Å². The predicted octanol–water partition coefficient (Wildman–Crippen LogP) is 0.754. The molecule has 6 nitrogen and oxygen atoms in total. The van der Waals surface area contributed by atoms with E-state index in [0.717, 1.165) is 12.1 Å². The zero-order chi connectivity index (χ0) is 13.7. The number of methoxy groups -OCH3 is 1. The topological polar surface area (TPSA) is 64.4 Å². The van der Waals surface area contributed by atoms with Gasteiger partial charge in [0, 0.05) is 13.6 Å². The minimum atomic E-state index is -0.421. The monoisotopic (exact) mass is 253 g/mol. The van der Waals surface area contributed by atoms with Crippen molar-refractivity contribution < 1.29 is 14.3 Å². The minimum Gasteiger partial charge on any atom is -0.468 e. The molecule has 1 heterocycles. The largest absolute Gasteiger partial charge is 0.468 e. The van der Waals surface area contributed by atoms with Crippen molar-refractivity contribution >= 4 is 11.9 Å². The molecule has 100 valence electrons. The number of ether oxygens (including phenoxy) is 1. The number of esters is 1. The number of rotatable bonds is 5. The van der Waals surface area contributed by atoms with Crippen molar-refractivity contribution in [2.75, 3.05) is 20.2 Å². The van der Waals surface area contributed by atoms with E-state index in [-0.39, 0.29) is 12.5 Å². The molecule has 0 aliphatic carbocycles. The van der Waals surface area contributed by atoms with E-state index in [1.165, 1.54) is 16.7 Å². The smallest absolute Gasteiger partial charge is 0.325 e. The third-order valence-electron chi connectivity index (χ3n) is 2.55. The summed E-state index contributed by atoms with van der Waals surface area (Å²) in [6.07, 6.45) is 0.777. The van der Waals surface area contributed by atoms with Gasteiger partial charge >= 0.3 is 5.97 Å². The molecule has 0 unspecified atom stereocenters. The first kappa shape index (κ1) is 14.2. The van der Waals surface area contributed by atoms with Gasteiger partial charge in [-0.15, -0.1) is 0 Å². The van der Waals surface area contributed by atoms with Crippen LogP contribution in [0.5, 0.6) is 0 Å². The maximum atomic E-state index is 12.3. The summed E-state index contributed by atoms with van der Waals surface area (Å²) in [5, 5.41) is 4.13. The number of aromatic nitrogens is 2. The Hall–Kier alpha value is -1.85. The maximum Gasteiger partial charge on any atom is 0.325 e.